The predicted octanol–water partition coefficient (Wildman–Crippen LogP) is -0.882. The van der Waals surface area contributed by atoms with E-state index in [4.69, 9.17) is 14.5 Å². The molecule has 0 saturated heterocycles. The summed E-state index contributed by atoms with van der Waals surface area (Å²) in [6.07, 6.45) is -2.22. The van der Waals surface area contributed by atoms with Crippen LogP contribution in [0.25, 0.3) is 0 Å². The SMILES string of the molecule is CNC(=O)ON=C(C)OS(=O)(=O)O.NC(=O)O. The van der Waals surface area contributed by atoms with E-state index in [1.54, 1.807) is 0 Å². The second-order valence-corrected chi connectivity index (χ2v) is 3.11. The van der Waals surface area contributed by atoms with Crippen LogP contribution >= 0.6 is 0 Å². The van der Waals surface area contributed by atoms with Crippen molar-refractivity contribution >= 4 is 28.5 Å². The molecule has 12 heteroatoms. The van der Waals surface area contributed by atoms with E-state index in [1.165, 1.54) is 7.05 Å². The lowest BCUT2D eigenvalue weighted by atomic mass is 10.8. The highest BCUT2D eigenvalue weighted by atomic mass is 32.3. The second kappa shape index (κ2) is 8.12. The molecule has 0 aromatic rings. The molecule has 0 rings (SSSR count). The fourth-order valence-electron chi connectivity index (χ4n) is 0.319. The molecule has 0 radical (unpaired) electrons. The minimum atomic E-state index is -4.62. The number of hydrogen-bond acceptors (Lipinski definition) is 7. The molecule has 0 aromatic carbocycles. The van der Waals surface area contributed by atoms with Gasteiger partial charge in [-0.15, -0.1) is 0 Å². The average molecular weight is 273 g/mol. The Kier molecular flexibility index (Phi) is 8.27. The Bertz CT molecular complexity index is 384. The average Bonchev–Trinajstić information content (AvgIpc) is 2.10. The highest BCUT2D eigenvalue weighted by Gasteiger charge is 2.07. The largest absolute Gasteiger partial charge is 0.465 e. The van der Waals surface area contributed by atoms with Gasteiger partial charge in [0.05, 0.1) is 0 Å². The van der Waals surface area contributed by atoms with Crippen molar-refractivity contribution in [2.75, 3.05) is 7.05 Å². The maximum absolute atomic E-state index is 10.4. The standard InChI is InChI=1S/C4H8N2O6S.CH3NO2/c1-3(12-13(8,9)10)6-11-4(7)5-2;2-1(3)4/h1-2H3,(H,5,7)(H,8,9,10);2H2,(H,3,4). The van der Waals surface area contributed by atoms with E-state index in [1.807, 2.05) is 5.32 Å². The van der Waals surface area contributed by atoms with Gasteiger partial charge < -0.3 is 20.3 Å². The van der Waals surface area contributed by atoms with E-state index >= 15 is 0 Å². The van der Waals surface area contributed by atoms with E-state index in [2.05, 4.69) is 19.9 Å². The van der Waals surface area contributed by atoms with Crippen LogP contribution in [0.1, 0.15) is 6.92 Å². The first-order valence-electron chi connectivity index (χ1n) is 3.67. The van der Waals surface area contributed by atoms with Crippen molar-refractivity contribution < 1.29 is 36.7 Å². The Morgan fingerprint density at radius 3 is 2.12 bits per heavy atom. The number of nitrogens with one attached hydrogen (secondary N) is 1. The van der Waals surface area contributed by atoms with Crippen molar-refractivity contribution in [2.45, 2.75) is 6.92 Å². The van der Waals surface area contributed by atoms with Gasteiger partial charge in [-0.1, -0.05) is 0 Å². The first kappa shape index (κ1) is 17.3. The number of nitrogens with two attached hydrogens (primary N) is 1. The van der Waals surface area contributed by atoms with Crippen LogP contribution in [0.4, 0.5) is 9.59 Å². The van der Waals surface area contributed by atoms with Gasteiger partial charge in [-0.3, -0.25) is 9.39 Å². The number of rotatable bonds is 2. The summed E-state index contributed by atoms with van der Waals surface area (Å²) in [7, 11) is -3.33. The number of primary amides is 1. The molecule has 0 saturated carbocycles. The van der Waals surface area contributed by atoms with Crippen molar-refractivity contribution in [2.24, 2.45) is 10.9 Å². The molecule has 0 atom stereocenters. The van der Waals surface area contributed by atoms with Crippen molar-refractivity contribution in [1.29, 1.82) is 0 Å². The zero-order chi connectivity index (χ0) is 14.1. The van der Waals surface area contributed by atoms with E-state index in [0.717, 1.165) is 6.92 Å². The summed E-state index contributed by atoms with van der Waals surface area (Å²) in [6.45, 7) is 1.08. The molecular formula is C5H11N3O8S. The number of carbonyl (C=O) groups excluding carboxylic acids is 1. The van der Waals surface area contributed by atoms with Gasteiger partial charge in [-0.2, -0.15) is 8.42 Å². The fourth-order valence-corrected chi connectivity index (χ4v) is 0.654. The summed E-state index contributed by atoms with van der Waals surface area (Å²) in [5.41, 5.74) is 4.03. The Morgan fingerprint density at radius 1 is 1.41 bits per heavy atom. The van der Waals surface area contributed by atoms with Gasteiger partial charge in [0.15, 0.2) is 0 Å². The smallest absolute Gasteiger partial charge is 0.447 e. The van der Waals surface area contributed by atoms with Gasteiger partial charge in [0, 0.05) is 14.0 Å². The molecule has 17 heavy (non-hydrogen) atoms. The topological polar surface area (TPSA) is 178 Å². The molecule has 11 nitrogen and oxygen atoms in total. The molecule has 0 aromatic heterocycles. The maximum Gasteiger partial charge on any atom is 0.447 e. The summed E-state index contributed by atoms with van der Waals surface area (Å²) in [5.74, 6) is -0.522. The van der Waals surface area contributed by atoms with E-state index in [-0.39, 0.29) is 0 Å². The summed E-state index contributed by atoms with van der Waals surface area (Å²) in [6, 6.07) is 0. The second-order valence-electron chi connectivity index (χ2n) is 2.09. The number of amides is 2. The summed E-state index contributed by atoms with van der Waals surface area (Å²) >= 11 is 0. The van der Waals surface area contributed by atoms with Crippen molar-refractivity contribution in [1.82, 2.24) is 5.32 Å². The van der Waals surface area contributed by atoms with Gasteiger partial charge in [-0.25, -0.2) is 9.59 Å². The van der Waals surface area contributed by atoms with Crippen LogP contribution < -0.4 is 11.1 Å². The molecule has 0 spiro atoms. The van der Waals surface area contributed by atoms with Gasteiger partial charge >= 0.3 is 22.6 Å². The maximum atomic E-state index is 10.4. The number of oxime groups is 1. The summed E-state index contributed by atoms with van der Waals surface area (Å²) in [5, 5.41) is 12.2. The normalized spacial score (nSPS) is 10.6. The Labute approximate surface area is 96.1 Å². The third kappa shape index (κ3) is 20.1. The van der Waals surface area contributed by atoms with E-state index < -0.39 is 28.5 Å². The van der Waals surface area contributed by atoms with Gasteiger partial charge in [0.25, 0.3) is 0 Å². The zero-order valence-corrected chi connectivity index (χ0v) is 9.59. The monoisotopic (exact) mass is 273 g/mol. The number of hydrogen-bond donors (Lipinski definition) is 4. The van der Waals surface area contributed by atoms with Crippen molar-refractivity contribution in [3.63, 3.8) is 0 Å². The Hall–Kier alpha value is -2.08. The van der Waals surface area contributed by atoms with E-state index in [0.29, 0.717) is 0 Å². The lowest BCUT2D eigenvalue weighted by Crippen LogP contribution is -2.18. The first-order valence-corrected chi connectivity index (χ1v) is 5.03. The lowest BCUT2D eigenvalue weighted by molar-refractivity contribution is 0.150. The molecule has 0 bridgehead atoms. The Morgan fingerprint density at radius 2 is 1.82 bits per heavy atom. The highest BCUT2D eigenvalue weighted by Crippen LogP contribution is 1.90. The molecule has 5 N–H and O–H groups in total. The quantitative estimate of drug-likeness (QED) is 0.164. The first-order chi connectivity index (χ1) is 7.58. The van der Waals surface area contributed by atoms with Crippen LogP contribution in [0.3, 0.4) is 0 Å². The van der Waals surface area contributed by atoms with Crippen LogP contribution in [0, 0.1) is 0 Å². The van der Waals surface area contributed by atoms with E-state index in [9.17, 15) is 13.2 Å². The molecule has 0 heterocycles. The fraction of sp³-hybridized carbons (Fsp3) is 0.400. The summed E-state index contributed by atoms with van der Waals surface area (Å²) in [4.78, 5) is 23.2. The van der Waals surface area contributed by atoms with Crippen LogP contribution in [0.15, 0.2) is 5.16 Å². The summed E-state index contributed by atoms with van der Waals surface area (Å²) < 4.78 is 32.0. The molecular weight excluding hydrogens is 262 g/mol. The minimum absolute atomic E-state index is 0.522. The predicted molar refractivity (Wildman–Crippen MR) is 53.5 cm³/mol. The molecule has 0 unspecified atom stereocenters. The third-order valence-electron chi connectivity index (χ3n) is 0.687. The van der Waals surface area contributed by atoms with Gasteiger partial charge in [-0.05, 0) is 5.16 Å². The van der Waals surface area contributed by atoms with Crippen LogP contribution in [-0.4, -0.2) is 43.2 Å². The molecule has 2 amide bonds. The molecule has 0 aliphatic rings. The van der Waals surface area contributed by atoms with Gasteiger partial charge in [0.1, 0.15) is 0 Å². The Balaban J connectivity index is 0. The minimum Gasteiger partial charge on any atom is -0.465 e. The number of carbonyl (C=O) groups is 2. The van der Waals surface area contributed by atoms with Crippen molar-refractivity contribution in [3.8, 4) is 0 Å². The zero-order valence-electron chi connectivity index (χ0n) is 8.78. The van der Waals surface area contributed by atoms with Crippen LogP contribution in [0.5, 0.6) is 0 Å². The van der Waals surface area contributed by atoms with Gasteiger partial charge in [0.2, 0.25) is 5.90 Å². The molecule has 0 fully saturated rings. The third-order valence-corrected chi connectivity index (χ3v) is 1.14. The molecule has 0 aliphatic heterocycles. The number of nitrogens with zero attached hydrogens (tertiary/aromatic N) is 1. The molecule has 100 valence electrons. The van der Waals surface area contributed by atoms with Crippen molar-refractivity contribution in [3.05, 3.63) is 0 Å². The van der Waals surface area contributed by atoms with Crippen LogP contribution in [0.2, 0.25) is 0 Å². The van der Waals surface area contributed by atoms with Crippen LogP contribution in [-0.2, 0) is 19.4 Å². The number of carboxylic acid groups (broad SMARTS) is 1. The highest BCUT2D eigenvalue weighted by molar-refractivity contribution is 7.81. The lowest BCUT2D eigenvalue weighted by Gasteiger charge is -1.98. The molecule has 0 aliphatic carbocycles.